The lowest BCUT2D eigenvalue weighted by Gasteiger charge is -1.99. The molecule has 92 valence electrons. The van der Waals surface area contributed by atoms with Crippen LogP contribution in [-0.4, -0.2) is 16.1 Å². The Morgan fingerprint density at radius 1 is 1.39 bits per heavy atom. The Bertz CT molecular complexity index is 622. The summed E-state index contributed by atoms with van der Waals surface area (Å²) in [5.74, 6) is -1.01. The molecule has 2 aromatic rings. The molecule has 0 unspecified atom stereocenters. The van der Waals surface area contributed by atoms with Crippen molar-refractivity contribution in [3.63, 3.8) is 0 Å². The van der Waals surface area contributed by atoms with E-state index in [0.29, 0.717) is 15.7 Å². The van der Waals surface area contributed by atoms with Gasteiger partial charge in [-0.05, 0) is 24.3 Å². The molecule has 3 nitrogen and oxygen atoms in total. The molecule has 0 aliphatic heterocycles. The Kier molecular flexibility index (Phi) is 4.01. The van der Waals surface area contributed by atoms with E-state index in [9.17, 15) is 4.79 Å². The number of thiazole rings is 1. The monoisotopic (exact) mass is 299 g/mol. The van der Waals surface area contributed by atoms with E-state index in [1.165, 1.54) is 17.4 Å². The lowest BCUT2D eigenvalue weighted by molar-refractivity contribution is -0.131. The zero-order valence-electron chi connectivity index (χ0n) is 8.93. The van der Waals surface area contributed by atoms with Crippen molar-refractivity contribution in [2.75, 3.05) is 0 Å². The Morgan fingerprint density at radius 3 is 2.83 bits per heavy atom. The van der Waals surface area contributed by atoms with E-state index in [1.54, 1.807) is 23.6 Å². The molecule has 0 amide bonds. The maximum absolute atomic E-state index is 10.4. The van der Waals surface area contributed by atoms with Crippen LogP contribution < -0.4 is 0 Å². The molecule has 18 heavy (non-hydrogen) atoms. The number of aromatic nitrogens is 1. The van der Waals surface area contributed by atoms with Crippen molar-refractivity contribution in [1.82, 2.24) is 4.98 Å². The van der Waals surface area contributed by atoms with Gasteiger partial charge in [0.25, 0.3) is 0 Å². The fraction of sp³-hybridized carbons (Fsp3) is 0. The van der Waals surface area contributed by atoms with Gasteiger partial charge in [-0.2, -0.15) is 0 Å². The predicted molar refractivity (Wildman–Crippen MR) is 74.2 cm³/mol. The first kappa shape index (κ1) is 13.1. The minimum atomic E-state index is -1.01. The molecular formula is C12H7Cl2NO2S. The van der Waals surface area contributed by atoms with Gasteiger partial charge in [-0.1, -0.05) is 23.2 Å². The lowest BCUT2D eigenvalue weighted by atomic mass is 10.2. The van der Waals surface area contributed by atoms with Gasteiger partial charge in [0.15, 0.2) is 0 Å². The number of carboxylic acids is 1. The van der Waals surface area contributed by atoms with Crippen molar-refractivity contribution in [1.29, 1.82) is 0 Å². The topological polar surface area (TPSA) is 50.2 Å². The number of hydrogen-bond acceptors (Lipinski definition) is 3. The molecule has 1 heterocycles. The Morgan fingerprint density at radius 2 is 2.17 bits per heavy atom. The highest BCUT2D eigenvalue weighted by molar-refractivity contribution is 7.13. The number of carbonyl (C=O) groups is 1. The van der Waals surface area contributed by atoms with Gasteiger partial charge < -0.3 is 5.11 Å². The van der Waals surface area contributed by atoms with Gasteiger partial charge in [-0.15, -0.1) is 11.3 Å². The standard InChI is InChI=1S/C12H7Cl2NO2S/c13-7-1-3-9(10(14)5-7)12-15-8(6-18-12)2-4-11(16)17/h1-6H,(H,16,17)/b4-2+. The number of aliphatic carboxylic acids is 1. The third-order valence-corrected chi connectivity index (χ3v) is 3.52. The van der Waals surface area contributed by atoms with E-state index in [0.717, 1.165) is 16.6 Å². The highest BCUT2D eigenvalue weighted by atomic mass is 35.5. The van der Waals surface area contributed by atoms with E-state index >= 15 is 0 Å². The molecule has 0 bridgehead atoms. The van der Waals surface area contributed by atoms with Crippen LogP contribution in [0.25, 0.3) is 16.6 Å². The molecule has 0 saturated carbocycles. The first-order valence-corrected chi connectivity index (χ1v) is 6.52. The highest BCUT2D eigenvalue weighted by Crippen LogP contribution is 2.32. The number of halogens is 2. The summed E-state index contributed by atoms with van der Waals surface area (Å²) in [6, 6.07) is 5.16. The van der Waals surface area contributed by atoms with Crippen LogP contribution in [0.5, 0.6) is 0 Å². The molecule has 1 N–H and O–H groups in total. The predicted octanol–water partition coefficient (Wildman–Crippen LogP) is 4.21. The summed E-state index contributed by atoms with van der Waals surface area (Å²) in [5, 5.41) is 12.1. The average Bonchev–Trinajstić information content (AvgIpc) is 2.75. The first-order valence-electron chi connectivity index (χ1n) is 4.88. The summed E-state index contributed by atoms with van der Waals surface area (Å²) in [4.78, 5) is 14.7. The number of benzene rings is 1. The van der Waals surface area contributed by atoms with Crippen LogP contribution in [-0.2, 0) is 4.79 Å². The van der Waals surface area contributed by atoms with Crippen molar-refractivity contribution in [3.05, 3.63) is 45.4 Å². The Balaban J connectivity index is 2.32. The van der Waals surface area contributed by atoms with Crippen LogP contribution >= 0.6 is 34.5 Å². The molecular weight excluding hydrogens is 293 g/mol. The summed E-state index contributed by atoms with van der Waals surface area (Å²) in [5.41, 5.74) is 1.37. The summed E-state index contributed by atoms with van der Waals surface area (Å²) in [6.07, 6.45) is 2.48. The summed E-state index contributed by atoms with van der Waals surface area (Å²) >= 11 is 13.3. The molecule has 0 radical (unpaired) electrons. The van der Waals surface area contributed by atoms with E-state index in [4.69, 9.17) is 28.3 Å². The number of hydrogen-bond donors (Lipinski definition) is 1. The zero-order chi connectivity index (χ0) is 13.1. The number of rotatable bonds is 3. The van der Waals surface area contributed by atoms with Gasteiger partial charge in [0.2, 0.25) is 0 Å². The minimum absolute atomic E-state index is 0.519. The molecule has 0 spiro atoms. The highest BCUT2D eigenvalue weighted by Gasteiger charge is 2.08. The molecule has 0 saturated heterocycles. The van der Waals surface area contributed by atoms with E-state index in [-0.39, 0.29) is 0 Å². The molecule has 1 aromatic carbocycles. The van der Waals surface area contributed by atoms with Gasteiger partial charge >= 0.3 is 5.97 Å². The summed E-state index contributed by atoms with van der Waals surface area (Å²) < 4.78 is 0. The molecule has 0 atom stereocenters. The van der Waals surface area contributed by atoms with Gasteiger partial charge in [0.1, 0.15) is 5.01 Å². The summed E-state index contributed by atoms with van der Waals surface area (Å²) in [6.45, 7) is 0. The maximum Gasteiger partial charge on any atom is 0.328 e. The third-order valence-electron chi connectivity index (χ3n) is 2.08. The first-order chi connectivity index (χ1) is 8.56. The Hall–Kier alpha value is -1.36. The third kappa shape index (κ3) is 3.10. The van der Waals surface area contributed by atoms with Gasteiger partial charge in [-0.3, -0.25) is 0 Å². The van der Waals surface area contributed by atoms with Crippen LogP contribution in [0.3, 0.4) is 0 Å². The second kappa shape index (κ2) is 5.52. The van der Waals surface area contributed by atoms with Crippen molar-refractivity contribution in [3.8, 4) is 10.6 Å². The smallest absolute Gasteiger partial charge is 0.328 e. The molecule has 0 aliphatic rings. The molecule has 1 aromatic heterocycles. The van der Waals surface area contributed by atoms with Crippen molar-refractivity contribution in [2.24, 2.45) is 0 Å². The zero-order valence-corrected chi connectivity index (χ0v) is 11.3. The normalized spacial score (nSPS) is 11.0. The average molecular weight is 300 g/mol. The van der Waals surface area contributed by atoms with E-state index in [1.807, 2.05) is 0 Å². The van der Waals surface area contributed by atoms with Crippen molar-refractivity contribution in [2.45, 2.75) is 0 Å². The lowest BCUT2D eigenvalue weighted by Crippen LogP contribution is -1.85. The number of nitrogens with zero attached hydrogens (tertiary/aromatic N) is 1. The maximum atomic E-state index is 10.4. The minimum Gasteiger partial charge on any atom is -0.478 e. The van der Waals surface area contributed by atoms with Crippen LogP contribution in [0.4, 0.5) is 0 Å². The fourth-order valence-electron chi connectivity index (χ4n) is 1.31. The van der Waals surface area contributed by atoms with E-state index < -0.39 is 5.97 Å². The van der Waals surface area contributed by atoms with E-state index in [2.05, 4.69) is 4.98 Å². The van der Waals surface area contributed by atoms with Gasteiger partial charge in [0, 0.05) is 22.0 Å². The SMILES string of the molecule is O=C(O)/C=C/c1csc(-c2ccc(Cl)cc2Cl)n1. The second-order valence-corrected chi connectivity index (χ2v) is 5.08. The van der Waals surface area contributed by atoms with Gasteiger partial charge in [0.05, 0.1) is 10.7 Å². The summed E-state index contributed by atoms with van der Waals surface area (Å²) in [7, 11) is 0. The number of carboxylic acid groups (broad SMARTS) is 1. The van der Waals surface area contributed by atoms with Crippen LogP contribution in [0.2, 0.25) is 10.0 Å². The van der Waals surface area contributed by atoms with Gasteiger partial charge in [-0.25, -0.2) is 9.78 Å². The molecule has 0 aliphatic carbocycles. The molecule has 2 rings (SSSR count). The molecule has 6 heteroatoms. The van der Waals surface area contributed by atoms with Crippen LogP contribution in [0.15, 0.2) is 29.7 Å². The second-order valence-electron chi connectivity index (χ2n) is 3.37. The Labute approximate surface area is 117 Å². The largest absolute Gasteiger partial charge is 0.478 e. The fourth-order valence-corrected chi connectivity index (χ4v) is 2.69. The van der Waals surface area contributed by atoms with Crippen molar-refractivity contribution >= 4 is 46.6 Å². The van der Waals surface area contributed by atoms with Crippen LogP contribution in [0, 0.1) is 0 Å². The molecule has 0 fully saturated rings. The quantitative estimate of drug-likeness (QED) is 0.864. The van der Waals surface area contributed by atoms with Crippen LogP contribution in [0.1, 0.15) is 5.69 Å². The van der Waals surface area contributed by atoms with Crippen molar-refractivity contribution < 1.29 is 9.90 Å².